The summed E-state index contributed by atoms with van der Waals surface area (Å²) in [6.45, 7) is 4.32. The highest BCUT2D eigenvalue weighted by molar-refractivity contribution is 5.54. The van der Waals surface area contributed by atoms with Crippen LogP contribution in [-0.2, 0) is 6.54 Å². The first kappa shape index (κ1) is 18.7. The summed E-state index contributed by atoms with van der Waals surface area (Å²) in [6.07, 6.45) is 6.78. The lowest BCUT2D eigenvalue weighted by molar-refractivity contribution is 0.101. The second-order valence-corrected chi connectivity index (χ2v) is 8.09. The van der Waals surface area contributed by atoms with E-state index in [1.807, 2.05) is 0 Å². The van der Waals surface area contributed by atoms with Crippen molar-refractivity contribution in [1.29, 1.82) is 0 Å². The maximum absolute atomic E-state index is 9.84. The fourth-order valence-electron chi connectivity index (χ4n) is 4.44. The van der Waals surface area contributed by atoms with Crippen molar-refractivity contribution in [2.75, 3.05) is 38.6 Å². The Morgan fingerprint density at radius 3 is 2.68 bits per heavy atom. The zero-order valence-corrected chi connectivity index (χ0v) is 16.0. The number of anilines is 1. The SMILES string of the molecule is CN1CCC(N(C)c2ccccc2CNCC2CCCC(O)C2)CC1. The molecule has 140 valence electrons. The third kappa shape index (κ3) is 5.19. The van der Waals surface area contributed by atoms with Gasteiger partial charge < -0.3 is 20.2 Å². The molecule has 1 aliphatic carbocycles. The molecule has 2 atom stereocenters. The quantitative estimate of drug-likeness (QED) is 0.832. The number of likely N-dealkylation sites (tertiary alicyclic amines) is 1. The summed E-state index contributed by atoms with van der Waals surface area (Å²) in [4.78, 5) is 4.92. The number of benzene rings is 1. The Hall–Kier alpha value is -1.10. The molecule has 0 aromatic heterocycles. The van der Waals surface area contributed by atoms with Gasteiger partial charge in [0.2, 0.25) is 0 Å². The van der Waals surface area contributed by atoms with E-state index in [2.05, 4.69) is 53.5 Å². The van der Waals surface area contributed by atoms with Crippen LogP contribution in [0.2, 0.25) is 0 Å². The largest absolute Gasteiger partial charge is 0.393 e. The Morgan fingerprint density at radius 1 is 1.16 bits per heavy atom. The van der Waals surface area contributed by atoms with Crippen molar-refractivity contribution in [3.8, 4) is 0 Å². The van der Waals surface area contributed by atoms with E-state index in [1.54, 1.807) is 0 Å². The summed E-state index contributed by atoms with van der Waals surface area (Å²) in [7, 11) is 4.47. The lowest BCUT2D eigenvalue weighted by atomic mass is 9.87. The Bertz CT molecular complexity index is 528. The molecule has 4 nitrogen and oxygen atoms in total. The summed E-state index contributed by atoms with van der Waals surface area (Å²) >= 11 is 0. The normalized spacial score (nSPS) is 25.9. The first-order valence-electron chi connectivity index (χ1n) is 10.0. The summed E-state index contributed by atoms with van der Waals surface area (Å²) < 4.78 is 0. The Morgan fingerprint density at radius 2 is 1.92 bits per heavy atom. The van der Waals surface area contributed by atoms with Gasteiger partial charge in [0.1, 0.15) is 0 Å². The van der Waals surface area contributed by atoms with Crippen LogP contribution in [0.25, 0.3) is 0 Å². The number of para-hydroxylation sites is 1. The molecule has 2 unspecified atom stereocenters. The van der Waals surface area contributed by atoms with Crippen LogP contribution in [0.3, 0.4) is 0 Å². The smallest absolute Gasteiger partial charge is 0.0543 e. The highest BCUT2D eigenvalue weighted by Gasteiger charge is 2.23. The van der Waals surface area contributed by atoms with E-state index in [0.29, 0.717) is 12.0 Å². The highest BCUT2D eigenvalue weighted by Crippen LogP contribution is 2.26. The minimum Gasteiger partial charge on any atom is -0.393 e. The molecule has 1 aliphatic heterocycles. The van der Waals surface area contributed by atoms with Crippen LogP contribution < -0.4 is 10.2 Å². The van der Waals surface area contributed by atoms with Gasteiger partial charge in [0.25, 0.3) is 0 Å². The number of piperidine rings is 1. The topological polar surface area (TPSA) is 38.7 Å². The molecule has 0 amide bonds. The van der Waals surface area contributed by atoms with Crippen LogP contribution in [0.1, 0.15) is 44.1 Å². The molecule has 2 aliphatic rings. The van der Waals surface area contributed by atoms with Gasteiger partial charge in [0, 0.05) is 25.3 Å². The van der Waals surface area contributed by atoms with Gasteiger partial charge in [-0.05, 0) is 76.3 Å². The Labute approximate surface area is 153 Å². The molecular formula is C21H35N3O. The molecule has 1 saturated carbocycles. The van der Waals surface area contributed by atoms with Gasteiger partial charge >= 0.3 is 0 Å². The molecule has 0 spiro atoms. The van der Waals surface area contributed by atoms with E-state index >= 15 is 0 Å². The van der Waals surface area contributed by atoms with Crippen molar-refractivity contribution in [3.63, 3.8) is 0 Å². The van der Waals surface area contributed by atoms with Gasteiger partial charge in [0.15, 0.2) is 0 Å². The van der Waals surface area contributed by atoms with Crippen molar-refractivity contribution in [2.24, 2.45) is 5.92 Å². The van der Waals surface area contributed by atoms with Crippen molar-refractivity contribution in [3.05, 3.63) is 29.8 Å². The van der Waals surface area contributed by atoms with Crippen molar-refractivity contribution >= 4 is 5.69 Å². The van der Waals surface area contributed by atoms with Crippen LogP contribution in [0.15, 0.2) is 24.3 Å². The van der Waals surface area contributed by atoms with E-state index < -0.39 is 0 Å². The first-order valence-corrected chi connectivity index (χ1v) is 10.0. The van der Waals surface area contributed by atoms with Gasteiger partial charge in [-0.1, -0.05) is 24.6 Å². The number of aliphatic hydroxyl groups is 1. The van der Waals surface area contributed by atoms with Gasteiger partial charge in [-0.15, -0.1) is 0 Å². The Balaban J connectivity index is 1.55. The van der Waals surface area contributed by atoms with Crippen LogP contribution in [-0.4, -0.2) is 55.9 Å². The molecule has 0 bridgehead atoms. The van der Waals surface area contributed by atoms with E-state index in [9.17, 15) is 5.11 Å². The zero-order valence-electron chi connectivity index (χ0n) is 16.0. The fourth-order valence-corrected chi connectivity index (χ4v) is 4.44. The van der Waals surface area contributed by atoms with Crippen molar-refractivity contribution in [1.82, 2.24) is 10.2 Å². The van der Waals surface area contributed by atoms with E-state index in [-0.39, 0.29) is 6.10 Å². The molecule has 3 rings (SSSR count). The van der Waals surface area contributed by atoms with Gasteiger partial charge in [0.05, 0.1) is 6.10 Å². The summed E-state index contributed by atoms with van der Waals surface area (Å²) in [5, 5.41) is 13.5. The monoisotopic (exact) mass is 345 g/mol. The maximum Gasteiger partial charge on any atom is 0.0543 e. The molecule has 1 heterocycles. The molecule has 1 aromatic carbocycles. The van der Waals surface area contributed by atoms with Gasteiger partial charge in [-0.25, -0.2) is 0 Å². The van der Waals surface area contributed by atoms with Crippen molar-refractivity contribution in [2.45, 2.75) is 57.2 Å². The number of rotatable bonds is 6. The van der Waals surface area contributed by atoms with Crippen LogP contribution in [0.5, 0.6) is 0 Å². The zero-order chi connectivity index (χ0) is 17.6. The minimum atomic E-state index is -0.0802. The molecule has 2 N–H and O–H groups in total. The first-order chi connectivity index (χ1) is 12.1. The van der Waals surface area contributed by atoms with Gasteiger partial charge in [-0.3, -0.25) is 0 Å². The number of aliphatic hydroxyl groups excluding tert-OH is 1. The second-order valence-electron chi connectivity index (χ2n) is 8.09. The predicted molar refractivity (Wildman–Crippen MR) is 105 cm³/mol. The minimum absolute atomic E-state index is 0.0802. The summed E-state index contributed by atoms with van der Waals surface area (Å²) in [5.41, 5.74) is 2.76. The molecule has 2 fully saturated rings. The molecule has 1 saturated heterocycles. The van der Waals surface area contributed by atoms with Crippen LogP contribution in [0.4, 0.5) is 5.69 Å². The average Bonchev–Trinajstić information content (AvgIpc) is 2.62. The standard InChI is InChI=1S/C21H35N3O/c1-23-12-10-19(11-13-23)24(2)21-9-4-3-7-18(21)16-22-15-17-6-5-8-20(25)14-17/h3-4,7,9,17,19-20,22,25H,5-6,8,10-16H2,1-2H3. The average molecular weight is 346 g/mol. The molecule has 4 heteroatoms. The third-order valence-electron chi connectivity index (χ3n) is 6.11. The number of nitrogens with one attached hydrogen (secondary N) is 1. The number of hydrogen-bond acceptors (Lipinski definition) is 4. The number of hydrogen-bond donors (Lipinski definition) is 2. The highest BCUT2D eigenvalue weighted by atomic mass is 16.3. The van der Waals surface area contributed by atoms with E-state index in [4.69, 9.17) is 0 Å². The number of nitrogens with zero attached hydrogens (tertiary/aromatic N) is 2. The molecule has 25 heavy (non-hydrogen) atoms. The molecular weight excluding hydrogens is 310 g/mol. The lowest BCUT2D eigenvalue weighted by Crippen LogP contribution is -2.42. The lowest BCUT2D eigenvalue weighted by Gasteiger charge is -2.37. The summed E-state index contributed by atoms with van der Waals surface area (Å²) in [6, 6.07) is 9.46. The molecule has 1 aromatic rings. The Kier molecular flexibility index (Phi) is 6.74. The third-order valence-corrected chi connectivity index (χ3v) is 6.11. The molecule has 0 radical (unpaired) electrons. The van der Waals surface area contributed by atoms with Crippen LogP contribution >= 0.6 is 0 Å². The fraction of sp³-hybridized carbons (Fsp3) is 0.714. The van der Waals surface area contributed by atoms with E-state index in [0.717, 1.165) is 25.9 Å². The van der Waals surface area contributed by atoms with E-state index in [1.165, 1.54) is 50.0 Å². The van der Waals surface area contributed by atoms with Crippen molar-refractivity contribution < 1.29 is 5.11 Å². The predicted octanol–water partition coefficient (Wildman–Crippen LogP) is 2.86. The summed E-state index contributed by atoms with van der Waals surface area (Å²) in [5.74, 6) is 0.627. The van der Waals surface area contributed by atoms with Gasteiger partial charge in [-0.2, -0.15) is 0 Å². The second kappa shape index (κ2) is 9.02. The van der Waals surface area contributed by atoms with Crippen LogP contribution in [0, 0.1) is 5.92 Å². The maximum atomic E-state index is 9.84.